The van der Waals surface area contributed by atoms with Gasteiger partial charge in [0.05, 0.1) is 19.1 Å². The zero-order chi connectivity index (χ0) is 19.9. The Kier molecular flexibility index (Phi) is 7.18. The predicted octanol–water partition coefficient (Wildman–Crippen LogP) is 2.70. The Bertz CT molecular complexity index is 852. The van der Waals surface area contributed by atoms with Gasteiger partial charge in [0.2, 0.25) is 15.9 Å². The Balaban J connectivity index is 1.84. The lowest BCUT2D eigenvalue weighted by Crippen LogP contribution is -2.32. The van der Waals surface area contributed by atoms with Crippen LogP contribution in [0.2, 0.25) is 0 Å². The molecule has 0 unspecified atom stereocenters. The second kappa shape index (κ2) is 9.36. The summed E-state index contributed by atoms with van der Waals surface area (Å²) in [6.07, 6.45) is 1.61. The minimum atomic E-state index is -3.52. The summed E-state index contributed by atoms with van der Waals surface area (Å²) in [5, 5.41) is 2.80. The minimum absolute atomic E-state index is 0.139. The number of anilines is 1. The molecule has 0 aromatic heterocycles. The molecule has 0 atom stereocenters. The zero-order valence-corrected chi connectivity index (χ0v) is 16.1. The number of carbonyl (C=O) groups is 1. The topological polar surface area (TPSA) is 75.7 Å². The fraction of sp³-hybridized carbons (Fsp3) is 0.316. The van der Waals surface area contributed by atoms with Crippen LogP contribution in [-0.2, 0) is 21.4 Å². The van der Waals surface area contributed by atoms with Gasteiger partial charge in [-0.05, 0) is 48.4 Å². The van der Waals surface area contributed by atoms with Crippen molar-refractivity contribution in [3.8, 4) is 5.75 Å². The Morgan fingerprint density at radius 3 is 2.30 bits per heavy atom. The average molecular weight is 394 g/mol. The zero-order valence-electron chi connectivity index (χ0n) is 15.3. The molecule has 0 heterocycles. The molecule has 0 fully saturated rings. The number of carbonyl (C=O) groups excluding carboxylic acids is 1. The molecule has 6 nitrogen and oxygen atoms in total. The number of nitrogens with one attached hydrogen (secondary N) is 1. The van der Waals surface area contributed by atoms with E-state index in [0.29, 0.717) is 18.7 Å². The monoisotopic (exact) mass is 394 g/mol. The number of amides is 1. The summed E-state index contributed by atoms with van der Waals surface area (Å²) >= 11 is 0. The van der Waals surface area contributed by atoms with Crippen molar-refractivity contribution in [2.75, 3.05) is 24.2 Å². The van der Waals surface area contributed by atoms with E-state index in [0.717, 1.165) is 17.6 Å². The second-order valence-electron chi connectivity index (χ2n) is 6.04. The molecule has 2 rings (SSSR count). The molecule has 27 heavy (non-hydrogen) atoms. The van der Waals surface area contributed by atoms with Crippen molar-refractivity contribution < 1.29 is 22.3 Å². The van der Waals surface area contributed by atoms with Gasteiger partial charge in [0, 0.05) is 19.5 Å². The summed E-state index contributed by atoms with van der Waals surface area (Å²) in [7, 11) is -1.94. The average Bonchev–Trinajstić information content (AvgIpc) is 2.64. The molecule has 0 spiro atoms. The number of nitrogens with zero attached hydrogens (tertiary/aromatic N) is 1. The van der Waals surface area contributed by atoms with Crippen LogP contribution in [0.1, 0.15) is 18.4 Å². The first-order valence-electron chi connectivity index (χ1n) is 8.42. The van der Waals surface area contributed by atoms with Gasteiger partial charge in [0.1, 0.15) is 11.6 Å². The third kappa shape index (κ3) is 6.56. The summed E-state index contributed by atoms with van der Waals surface area (Å²) in [6.45, 7) is 0.525. The molecule has 1 N–H and O–H groups in total. The Morgan fingerprint density at radius 1 is 1.11 bits per heavy atom. The molecule has 0 aliphatic rings. The predicted molar refractivity (Wildman–Crippen MR) is 103 cm³/mol. The van der Waals surface area contributed by atoms with Crippen LogP contribution in [0.15, 0.2) is 48.5 Å². The highest BCUT2D eigenvalue weighted by Crippen LogP contribution is 2.18. The number of methoxy groups -OCH3 is 1. The molecular weight excluding hydrogens is 371 g/mol. The standard InChI is InChI=1S/C19H23FN2O4S/c1-26-18-11-5-15(6-12-18)14-21-19(23)4-3-13-22(27(2,24)25)17-9-7-16(20)8-10-17/h5-12H,3-4,13-14H2,1-2H3,(H,21,23). The number of ether oxygens (including phenoxy) is 1. The second-order valence-corrected chi connectivity index (χ2v) is 7.95. The normalized spacial score (nSPS) is 11.1. The van der Waals surface area contributed by atoms with E-state index in [1.165, 1.54) is 28.6 Å². The number of rotatable bonds is 9. The first-order valence-corrected chi connectivity index (χ1v) is 10.3. The van der Waals surface area contributed by atoms with Crippen molar-refractivity contribution in [1.29, 1.82) is 0 Å². The summed E-state index contributed by atoms with van der Waals surface area (Å²) in [6, 6.07) is 12.6. The molecule has 0 aliphatic carbocycles. The largest absolute Gasteiger partial charge is 0.497 e. The van der Waals surface area contributed by atoms with Crippen LogP contribution in [0, 0.1) is 5.82 Å². The van der Waals surface area contributed by atoms with Crippen LogP contribution in [0.4, 0.5) is 10.1 Å². The van der Waals surface area contributed by atoms with Crippen molar-refractivity contribution in [2.45, 2.75) is 19.4 Å². The van der Waals surface area contributed by atoms with E-state index < -0.39 is 15.8 Å². The SMILES string of the molecule is COc1ccc(CNC(=O)CCCN(c2ccc(F)cc2)S(C)(=O)=O)cc1. The fourth-order valence-electron chi connectivity index (χ4n) is 2.51. The molecule has 2 aromatic rings. The lowest BCUT2D eigenvalue weighted by atomic mass is 10.2. The Morgan fingerprint density at radius 2 is 1.74 bits per heavy atom. The van der Waals surface area contributed by atoms with E-state index in [2.05, 4.69) is 5.32 Å². The fourth-order valence-corrected chi connectivity index (χ4v) is 3.47. The number of sulfonamides is 1. The van der Waals surface area contributed by atoms with Gasteiger partial charge in [-0.25, -0.2) is 12.8 Å². The van der Waals surface area contributed by atoms with Gasteiger partial charge in [-0.15, -0.1) is 0 Å². The molecule has 0 bridgehead atoms. The van der Waals surface area contributed by atoms with E-state index in [1.807, 2.05) is 24.3 Å². The number of hydrogen-bond donors (Lipinski definition) is 1. The van der Waals surface area contributed by atoms with Crippen LogP contribution in [0.25, 0.3) is 0 Å². The molecule has 0 aliphatic heterocycles. The molecule has 8 heteroatoms. The molecule has 0 radical (unpaired) electrons. The molecule has 2 aromatic carbocycles. The summed E-state index contributed by atoms with van der Waals surface area (Å²) in [5.41, 5.74) is 1.31. The maximum Gasteiger partial charge on any atom is 0.232 e. The smallest absolute Gasteiger partial charge is 0.232 e. The maximum absolute atomic E-state index is 13.0. The molecule has 1 amide bonds. The van der Waals surface area contributed by atoms with Crippen molar-refractivity contribution in [2.24, 2.45) is 0 Å². The van der Waals surface area contributed by atoms with Gasteiger partial charge < -0.3 is 10.1 Å². The van der Waals surface area contributed by atoms with Crippen molar-refractivity contribution in [1.82, 2.24) is 5.32 Å². The highest BCUT2D eigenvalue weighted by molar-refractivity contribution is 7.92. The van der Waals surface area contributed by atoms with Gasteiger partial charge in [0.25, 0.3) is 0 Å². The van der Waals surface area contributed by atoms with Crippen molar-refractivity contribution in [3.63, 3.8) is 0 Å². The third-order valence-electron chi connectivity index (χ3n) is 3.93. The number of benzene rings is 2. The maximum atomic E-state index is 13.0. The summed E-state index contributed by atoms with van der Waals surface area (Å²) in [5.74, 6) is 0.134. The van der Waals surface area contributed by atoms with Crippen LogP contribution >= 0.6 is 0 Å². The van der Waals surface area contributed by atoms with Crippen LogP contribution in [0.5, 0.6) is 5.75 Å². The Labute approximate surface area is 159 Å². The quantitative estimate of drug-likeness (QED) is 0.710. The Hall–Kier alpha value is -2.61. The van der Waals surface area contributed by atoms with Crippen molar-refractivity contribution in [3.05, 3.63) is 59.9 Å². The summed E-state index contributed by atoms with van der Waals surface area (Å²) in [4.78, 5) is 12.0. The lowest BCUT2D eigenvalue weighted by Gasteiger charge is -2.22. The van der Waals surface area contributed by atoms with Crippen LogP contribution in [-0.4, -0.2) is 34.2 Å². The van der Waals surface area contributed by atoms with E-state index in [-0.39, 0.29) is 18.9 Å². The number of halogens is 1. The van der Waals surface area contributed by atoms with Gasteiger partial charge in [-0.1, -0.05) is 12.1 Å². The van der Waals surface area contributed by atoms with Gasteiger partial charge in [0.15, 0.2) is 0 Å². The van der Waals surface area contributed by atoms with Gasteiger partial charge in [-0.2, -0.15) is 0 Å². The lowest BCUT2D eigenvalue weighted by molar-refractivity contribution is -0.121. The first-order chi connectivity index (χ1) is 12.8. The third-order valence-corrected chi connectivity index (χ3v) is 5.12. The van der Waals surface area contributed by atoms with E-state index >= 15 is 0 Å². The minimum Gasteiger partial charge on any atom is -0.497 e. The highest BCUT2D eigenvalue weighted by Gasteiger charge is 2.17. The van der Waals surface area contributed by atoms with E-state index in [9.17, 15) is 17.6 Å². The molecule has 146 valence electrons. The molecule has 0 saturated carbocycles. The first kappa shape index (κ1) is 20.7. The van der Waals surface area contributed by atoms with Gasteiger partial charge in [-0.3, -0.25) is 9.10 Å². The van der Waals surface area contributed by atoms with Crippen LogP contribution in [0.3, 0.4) is 0 Å². The van der Waals surface area contributed by atoms with E-state index in [1.54, 1.807) is 7.11 Å². The van der Waals surface area contributed by atoms with Crippen LogP contribution < -0.4 is 14.4 Å². The number of hydrogen-bond acceptors (Lipinski definition) is 4. The van der Waals surface area contributed by atoms with Crippen molar-refractivity contribution >= 4 is 21.6 Å². The molecule has 0 saturated heterocycles. The molecular formula is C19H23FN2O4S. The summed E-state index contributed by atoms with van der Waals surface area (Å²) < 4.78 is 43.2. The highest BCUT2D eigenvalue weighted by atomic mass is 32.2. The van der Waals surface area contributed by atoms with Gasteiger partial charge >= 0.3 is 0 Å². The van der Waals surface area contributed by atoms with E-state index in [4.69, 9.17) is 4.74 Å².